The summed E-state index contributed by atoms with van der Waals surface area (Å²) in [5, 5.41) is 2.95. The van der Waals surface area contributed by atoms with Gasteiger partial charge >= 0.3 is 6.09 Å². The van der Waals surface area contributed by atoms with E-state index in [0.717, 1.165) is 6.42 Å². The average molecular weight is 227 g/mol. The predicted octanol–water partition coefficient (Wildman–Crippen LogP) is 3.34. The minimum Gasteiger partial charge on any atom is -0.440 e. The molecule has 1 amide bonds. The molecule has 3 nitrogen and oxygen atoms in total. The van der Waals surface area contributed by atoms with Crippen LogP contribution in [0.3, 0.4) is 0 Å². The van der Waals surface area contributed by atoms with Gasteiger partial charge in [-0.15, -0.1) is 0 Å². The van der Waals surface area contributed by atoms with Gasteiger partial charge in [-0.2, -0.15) is 0 Å². The van der Waals surface area contributed by atoms with Gasteiger partial charge in [0.15, 0.2) is 0 Å². The fourth-order valence-electron chi connectivity index (χ4n) is 3.36. The molecule has 1 rings (SSSR count). The minimum absolute atomic E-state index is 0.0833. The number of ether oxygens (including phenoxy) is 1. The third-order valence-corrected chi connectivity index (χ3v) is 3.67. The Morgan fingerprint density at radius 1 is 1.19 bits per heavy atom. The number of carbonyl (C=O) groups is 1. The predicted molar refractivity (Wildman–Crippen MR) is 65.3 cm³/mol. The molecule has 1 aliphatic heterocycles. The number of nitrogens with one attached hydrogen (secondary N) is 1. The van der Waals surface area contributed by atoms with Crippen molar-refractivity contribution >= 4 is 6.09 Å². The van der Waals surface area contributed by atoms with E-state index in [9.17, 15) is 4.79 Å². The molecule has 1 atom stereocenters. The number of rotatable bonds is 1. The van der Waals surface area contributed by atoms with E-state index >= 15 is 0 Å². The second kappa shape index (κ2) is 3.64. The van der Waals surface area contributed by atoms with Crippen LogP contribution in [0.4, 0.5) is 4.79 Å². The smallest absolute Gasteiger partial charge is 0.408 e. The first-order valence-corrected chi connectivity index (χ1v) is 6.06. The van der Waals surface area contributed by atoms with Gasteiger partial charge < -0.3 is 10.1 Å². The van der Waals surface area contributed by atoms with Crippen LogP contribution in [0.15, 0.2) is 0 Å². The maximum atomic E-state index is 11.6. The molecular formula is C13H25NO2. The van der Waals surface area contributed by atoms with Gasteiger partial charge in [-0.05, 0) is 6.42 Å². The molecule has 1 aliphatic rings. The SMILES string of the molecule is CCC1NC(=O)OC1(C(C)(C)C)C(C)(C)C. The summed E-state index contributed by atoms with van der Waals surface area (Å²) in [5.74, 6) is 0. The summed E-state index contributed by atoms with van der Waals surface area (Å²) in [7, 11) is 0. The van der Waals surface area contributed by atoms with E-state index in [1.54, 1.807) is 0 Å². The van der Waals surface area contributed by atoms with Gasteiger partial charge in [0.2, 0.25) is 0 Å². The summed E-state index contributed by atoms with van der Waals surface area (Å²) < 4.78 is 5.73. The first-order chi connectivity index (χ1) is 7.06. The molecule has 16 heavy (non-hydrogen) atoms. The molecule has 0 aromatic carbocycles. The fraction of sp³-hybridized carbons (Fsp3) is 0.923. The van der Waals surface area contributed by atoms with Crippen LogP contribution >= 0.6 is 0 Å². The Morgan fingerprint density at radius 3 is 1.88 bits per heavy atom. The topological polar surface area (TPSA) is 38.3 Å². The molecule has 1 heterocycles. The van der Waals surface area contributed by atoms with Crippen molar-refractivity contribution < 1.29 is 9.53 Å². The Bertz CT molecular complexity index is 269. The van der Waals surface area contributed by atoms with E-state index in [0.29, 0.717) is 0 Å². The van der Waals surface area contributed by atoms with Crippen molar-refractivity contribution in [3.63, 3.8) is 0 Å². The number of cyclic esters (lactones) is 1. The maximum absolute atomic E-state index is 11.6. The summed E-state index contributed by atoms with van der Waals surface area (Å²) in [6, 6.07) is 0.0833. The van der Waals surface area contributed by atoms with E-state index in [1.807, 2.05) is 0 Å². The molecule has 0 aliphatic carbocycles. The van der Waals surface area contributed by atoms with Gasteiger partial charge in [0.1, 0.15) is 5.60 Å². The lowest BCUT2D eigenvalue weighted by molar-refractivity contribution is -0.129. The van der Waals surface area contributed by atoms with Crippen molar-refractivity contribution in [2.75, 3.05) is 0 Å². The second-order valence-electron chi connectivity index (χ2n) is 6.73. The summed E-state index contributed by atoms with van der Waals surface area (Å²) >= 11 is 0. The van der Waals surface area contributed by atoms with Gasteiger partial charge in [-0.3, -0.25) is 0 Å². The summed E-state index contributed by atoms with van der Waals surface area (Å²) in [5.41, 5.74) is -0.637. The highest BCUT2D eigenvalue weighted by atomic mass is 16.6. The van der Waals surface area contributed by atoms with Crippen molar-refractivity contribution in [3.05, 3.63) is 0 Å². The van der Waals surface area contributed by atoms with Crippen LogP contribution in [0.5, 0.6) is 0 Å². The Morgan fingerprint density at radius 2 is 1.62 bits per heavy atom. The number of carbonyl (C=O) groups excluding carboxylic acids is 1. The van der Waals surface area contributed by atoms with Crippen LogP contribution in [0.2, 0.25) is 0 Å². The number of hydrogen-bond donors (Lipinski definition) is 1. The van der Waals surface area contributed by atoms with Crippen molar-refractivity contribution in [3.8, 4) is 0 Å². The Hall–Kier alpha value is -0.730. The van der Waals surface area contributed by atoms with Crippen LogP contribution in [0.1, 0.15) is 54.9 Å². The Kier molecular flexibility index (Phi) is 3.03. The third kappa shape index (κ3) is 1.70. The lowest BCUT2D eigenvalue weighted by atomic mass is 9.59. The van der Waals surface area contributed by atoms with E-state index < -0.39 is 5.60 Å². The summed E-state index contributed by atoms with van der Waals surface area (Å²) in [4.78, 5) is 11.6. The molecule has 1 fully saturated rings. The van der Waals surface area contributed by atoms with Crippen LogP contribution in [-0.4, -0.2) is 17.7 Å². The van der Waals surface area contributed by atoms with Crippen molar-refractivity contribution in [2.45, 2.75) is 66.5 Å². The van der Waals surface area contributed by atoms with E-state index in [1.165, 1.54) is 0 Å². The molecule has 3 heteroatoms. The van der Waals surface area contributed by atoms with Gasteiger partial charge in [0, 0.05) is 10.8 Å². The number of hydrogen-bond acceptors (Lipinski definition) is 2. The van der Waals surface area contributed by atoms with Crippen molar-refractivity contribution in [1.82, 2.24) is 5.32 Å². The van der Waals surface area contributed by atoms with Crippen LogP contribution in [0.25, 0.3) is 0 Å². The molecule has 1 unspecified atom stereocenters. The van der Waals surface area contributed by atoms with Crippen LogP contribution in [0, 0.1) is 10.8 Å². The lowest BCUT2D eigenvalue weighted by Crippen LogP contribution is -2.60. The molecule has 0 aromatic rings. The zero-order valence-corrected chi connectivity index (χ0v) is 11.6. The normalized spacial score (nSPS) is 25.2. The molecule has 0 aromatic heterocycles. The first kappa shape index (κ1) is 13.3. The third-order valence-electron chi connectivity index (χ3n) is 3.67. The standard InChI is InChI=1S/C13H25NO2/c1-8-9-13(11(2,3)4,12(5,6)7)16-10(15)14-9/h9H,8H2,1-7H3,(H,14,15). The maximum Gasteiger partial charge on any atom is 0.408 e. The largest absolute Gasteiger partial charge is 0.440 e. The van der Waals surface area contributed by atoms with Crippen LogP contribution in [-0.2, 0) is 4.74 Å². The average Bonchev–Trinajstić information content (AvgIpc) is 2.40. The molecule has 1 saturated heterocycles. The minimum atomic E-state index is -0.453. The zero-order valence-electron chi connectivity index (χ0n) is 11.6. The fourth-order valence-corrected chi connectivity index (χ4v) is 3.36. The van der Waals surface area contributed by atoms with Gasteiger partial charge in [-0.25, -0.2) is 4.79 Å². The van der Waals surface area contributed by atoms with Gasteiger partial charge in [-0.1, -0.05) is 48.5 Å². The van der Waals surface area contributed by atoms with E-state index in [4.69, 9.17) is 4.74 Å². The zero-order chi connectivity index (χ0) is 12.8. The van der Waals surface area contributed by atoms with Gasteiger partial charge in [0.05, 0.1) is 6.04 Å². The molecule has 0 spiro atoms. The Balaban J connectivity index is 3.30. The monoisotopic (exact) mass is 227 g/mol. The molecule has 94 valence electrons. The van der Waals surface area contributed by atoms with Gasteiger partial charge in [0.25, 0.3) is 0 Å². The molecular weight excluding hydrogens is 202 g/mol. The highest BCUT2D eigenvalue weighted by Gasteiger charge is 2.62. The summed E-state index contributed by atoms with van der Waals surface area (Å²) in [6.07, 6.45) is 0.608. The van der Waals surface area contributed by atoms with E-state index in [2.05, 4.69) is 53.8 Å². The van der Waals surface area contributed by atoms with E-state index in [-0.39, 0.29) is 23.0 Å². The number of alkyl carbamates (subject to hydrolysis) is 1. The summed E-state index contributed by atoms with van der Waals surface area (Å²) in [6.45, 7) is 14.9. The molecule has 0 radical (unpaired) electrons. The number of amides is 1. The highest BCUT2D eigenvalue weighted by molar-refractivity contribution is 5.71. The first-order valence-electron chi connectivity index (χ1n) is 6.06. The van der Waals surface area contributed by atoms with Crippen molar-refractivity contribution in [2.24, 2.45) is 10.8 Å². The molecule has 1 N–H and O–H groups in total. The molecule has 0 bridgehead atoms. The Labute approximate surface area is 98.9 Å². The van der Waals surface area contributed by atoms with Crippen LogP contribution < -0.4 is 5.32 Å². The highest BCUT2D eigenvalue weighted by Crippen LogP contribution is 2.51. The quantitative estimate of drug-likeness (QED) is 0.746. The van der Waals surface area contributed by atoms with Crippen molar-refractivity contribution in [1.29, 1.82) is 0 Å². The second-order valence-corrected chi connectivity index (χ2v) is 6.73. The lowest BCUT2D eigenvalue weighted by Gasteiger charge is -2.51. The molecule has 0 saturated carbocycles.